The summed E-state index contributed by atoms with van der Waals surface area (Å²) in [5.74, 6) is 2.62. The highest BCUT2D eigenvalue weighted by Crippen LogP contribution is 2.39. The smallest absolute Gasteiger partial charge is 0.0258 e. The molecule has 0 spiro atoms. The maximum atomic E-state index is 5.88. The van der Waals surface area contributed by atoms with E-state index in [4.69, 9.17) is 11.6 Å². The molecule has 2 aliphatic rings. The maximum Gasteiger partial charge on any atom is 0.0258 e. The van der Waals surface area contributed by atoms with E-state index in [1.165, 1.54) is 64.2 Å². The second kappa shape index (κ2) is 7.46. The Hall–Kier alpha value is 0.0300. The lowest BCUT2D eigenvalue weighted by molar-refractivity contribution is 0.325. The van der Waals surface area contributed by atoms with Gasteiger partial charge >= 0.3 is 0 Å². The topological polar surface area (TPSA) is 0 Å². The third-order valence-corrected chi connectivity index (χ3v) is 4.86. The molecular weight excluding hydrogens is 228 g/mol. The van der Waals surface area contributed by atoms with Gasteiger partial charge in [0.1, 0.15) is 0 Å². The van der Waals surface area contributed by atoms with Crippen LogP contribution < -0.4 is 0 Å². The zero-order chi connectivity index (χ0) is 11.9. The first-order valence-corrected chi connectivity index (χ1v) is 8.21. The van der Waals surface area contributed by atoms with Gasteiger partial charge in [-0.15, -0.1) is 11.6 Å². The second-order valence-electron chi connectivity index (χ2n) is 5.85. The van der Waals surface area contributed by atoms with Gasteiger partial charge in [-0.2, -0.15) is 0 Å². The highest BCUT2D eigenvalue weighted by molar-refractivity contribution is 6.17. The molecule has 0 aromatic carbocycles. The summed E-state index contributed by atoms with van der Waals surface area (Å²) >= 11 is 5.88. The first kappa shape index (κ1) is 13.5. The van der Waals surface area contributed by atoms with Crippen molar-refractivity contribution < 1.29 is 0 Å². The molecule has 1 heteroatoms. The van der Waals surface area contributed by atoms with Crippen LogP contribution in [0.3, 0.4) is 0 Å². The largest absolute Gasteiger partial charge is 0.126 e. The number of rotatable bonds is 4. The third-order valence-electron chi connectivity index (χ3n) is 4.64. The van der Waals surface area contributed by atoms with E-state index < -0.39 is 0 Å². The van der Waals surface area contributed by atoms with Gasteiger partial charge in [0.15, 0.2) is 0 Å². The van der Waals surface area contributed by atoms with Crippen LogP contribution in [0.5, 0.6) is 0 Å². The van der Waals surface area contributed by atoms with Gasteiger partial charge in [-0.3, -0.25) is 0 Å². The third kappa shape index (κ3) is 4.02. The summed E-state index contributed by atoms with van der Waals surface area (Å²) in [5, 5.41) is 0. The van der Waals surface area contributed by atoms with E-state index in [0.717, 1.165) is 24.1 Å². The van der Waals surface area contributed by atoms with Crippen molar-refractivity contribution in [1.29, 1.82) is 0 Å². The van der Waals surface area contributed by atoms with E-state index in [1.807, 2.05) is 5.57 Å². The van der Waals surface area contributed by atoms with Crippen LogP contribution in [0, 0.1) is 11.8 Å². The number of hydrogen-bond acceptors (Lipinski definition) is 0. The zero-order valence-corrected chi connectivity index (χ0v) is 11.9. The monoisotopic (exact) mass is 254 g/mol. The first-order valence-electron chi connectivity index (χ1n) is 7.67. The Bertz CT molecular complexity index is 212. The van der Waals surface area contributed by atoms with Crippen molar-refractivity contribution >= 4 is 11.6 Å². The van der Waals surface area contributed by atoms with Crippen LogP contribution in [0.15, 0.2) is 11.6 Å². The molecule has 0 N–H and O–H groups in total. The van der Waals surface area contributed by atoms with Gasteiger partial charge in [0.2, 0.25) is 0 Å². The molecule has 0 atom stereocenters. The summed E-state index contributed by atoms with van der Waals surface area (Å²) in [6.07, 6.45) is 18.1. The fourth-order valence-electron chi connectivity index (χ4n) is 3.76. The maximum absolute atomic E-state index is 5.88. The summed E-state index contributed by atoms with van der Waals surface area (Å²) in [5.41, 5.74) is 1.81. The molecule has 2 fully saturated rings. The van der Waals surface area contributed by atoms with Gasteiger partial charge in [0.05, 0.1) is 0 Å². The predicted octanol–water partition coefficient (Wildman–Crippen LogP) is 5.70. The van der Waals surface area contributed by atoms with Crippen LogP contribution in [0.4, 0.5) is 0 Å². The number of halogens is 1. The molecule has 0 unspecified atom stereocenters. The second-order valence-corrected chi connectivity index (χ2v) is 6.23. The molecule has 0 bridgehead atoms. The molecule has 17 heavy (non-hydrogen) atoms. The highest BCUT2D eigenvalue weighted by atomic mass is 35.5. The molecule has 2 rings (SSSR count). The Morgan fingerprint density at radius 3 is 1.71 bits per heavy atom. The normalized spacial score (nSPS) is 23.6. The number of hydrogen-bond donors (Lipinski definition) is 0. The fourth-order valence-corrected chi connectivity index (χ4v) is 3.87. The lowest BCUT2D eigenvalue weighted by Crippen LogP contribution is -2.18. The number of alkyl halides is 1. The minimum absolute atomic E-state index is 0.795. The number of allylic oxidation sites excluding steroid dienone is 2. The average molecular weight is 255 g/mol. The van der Waals surface area contributed by atoms with Crippen molar-refractivity contribution in [3.05, 3.63) is 11.6 Å². The molecule has 0 nitrogen and oxygen atoms in total. The Balaban J connectivity index is 2.00. The SMILES string of the molecule is ClCCC=C(C1CCCCC1)C1CCCCC1. The quantitative estimate of drug-likeness (QED) is 0.446. The van der Waals surface area contributed by atoms with Gasteiger partial charge in [0.25, 0.3) is 0 Å². The summed E-state index contributed by atoms with van der Waals surface area (Å²) in [7, 11) is 0. The van der Waals surface area contributed by atoms with E-state index >= 15 is 0 Å². The molecule has 2 saturated carbocycles. The molecule has 0 aliphatic heterocycles. The highest BCUT2D eigenvalue weighted by Gasteiger charge is 2.25. The van der Waals surface area contributed by atoms with E-state index in [-0.39, 0.29) is 0 Å². The van der Waals surface area contributed by atoms with Gasteiger partial charge in [-0.25, -0.2) is 0 Å². The molecule has 0 aromatic rings. The van der Waals surface area contributed by atoms with Crippen molar-refractivity contribution in [2.75, 3.05) is 5.88 Å². The van der Waals surface area contributed by atoms with E-state index in [0.29, 0.717) is 0 Å². The van der Waals surface area contributed by atoms with Gasteiger partial charge in [-0.1, -0.05) is 50.2 Å². The zero-order valence-electron chi connectivity index (χ0n) is 11.1. The van der Waals surface area contributed by atoms with Crippen LogP contribution in [0.1, 0.15) is 70.6 Å². The van der Waals surface area contributed by atoms with Crippen LogP contribution in [-0.4, -0.2) is 5.88 Å². The molecule has 0 saturated heterocycles. The Kier molecular flexibility index (Phi) is 5.91. The lowest BCUT2D eigenvalue weighted by atomic mass is 9.73. The standard InChI is InChI=1S/C16H27Cl/c17-13-7-12-16(14-8-3-1-4-9-14)15-10-5-2-6-11-15/h12,14-15H,1-11,13H2. The molecule has 98 valence electrons. The summed E-state index contributed by atoms with van der Waals surface area (Å²) in [6.45, 7) is 0. The summed E-state index contributed by atoms with van der Waals surface area (Å²) in [4.78, 5) is 0. The molecule has 0 heterocycles. The van der Waals surface area contributed by atoms with E-state index in [1.54, 1.807) is 0 Å². The van der Waals surface area contributed by atoms with Gasteiger partial charge < -0.3 is 0 Å². The summed E-state index contributed by atoms with van der Waals surface area (Å²) in [6, 6.07) is 0. The van der Waals surface area contributed by atoms with Crippen molar-refractivity contribution in [3.8, 4) is 0 Å². The minimum atomic E-state index is 0.795. The minimum Gasteiger partial charge on any atom is -0.126 e. The van der Waals surface area contributed by atoms with Crippen molar-refractivity contribution in [3.63, 3.8) is 0 Å². The summed E-state index contributed by atoms with van der Waals surface area (Å²) < 4.78 is 0. The van der Waals surface area contributed by atoms with Gasteiger partial charge in [-0.05, 0) is 43.9 Å². The van der Waals surface area contributed by atoms with Crippen molar-refractivity contribution in [2.45, 2.75) is 70.6 Å². The van der Waals surface area contributed by atoms with Crippen LogP contribution in [0.2, 0.25) is 0 Å². The van der Waals surface area contributed by atoms with Crippen molar-refractivity contribution in [2.24, 2.45) is 11.8 Å². The molecule has 0 aromatic heterocycles. The molecule has 2 aliphatic carbocycles. The Morgan fingerprint density at radius 2 is 1.29 bits per heavy atom. The predicted molar refractivity (Wildman–Crippen MR) is 76.6 cm³/mol. The average Bonchev–Trinajstić information content (AvgIpc) is 2.42. The Labute approximate surface area is 112 Å². The first-order chi connectivity index (χ1) is 8.42. The van der Waals surface area contributed by atoms with Crippen LogP contribution in [-0.2, 0) is 0 Å². The molecule has 0 radical (unpaired) electrons. The van der Waals surface area contributed by atoms with Crippen LogP contribution >= 0.6 is 11.6 Å². The molecule has 0 amide bonds. The molecular formula is C16H27Cl. The van der Waals surface area contributed by atoms with Crippen LogP contribution in [0.25, 0.3) is 0 Å². The fraction of sp³-hybridized carbons (Fsp3) is 0.875. The van der Waals surface area contributed by atoms with Crippen molar-refractivity contribution in [1.82, 2.24) is 0 Å². The lowest BCUT2D eigenvalue weighted by Gasteiger charge is -2.32. The Morgan fingerprint density at radius 1 is 0.824 bits per heavy atom. The van der Waals surface area contributed by atoms with E-state index in [9.17, 15) is 0 Å². The van der Waals surface area contributed by atoms with Gasteiger partial charge in [0, 0.05) is 5.88 Å². The van der Waals surface area contributed by atoms with E-state index in [2.05, 4.69) is 6.08 Å².